The maximum Gasteiger partial charge on any atom is 0.337 e. The van der Waals surface area contributed by atoms with Gasteiger partial charge >= 0.3 is 5.97 Å². The summed E-state index contributed by atoms with van der Waals surface area (Å²) < 4.78 is 10.3. The molecule has 6 nitrogen and oxygen atoms in total. The molecule has 1 aliphatic rings. The Bertz CT molecular complexity index is 1510. The number of hydrogen-bond acceptors (Lipinski definition) is 6. The van der Waals surface area contributed by atoms with Crippen molar-refractivity contribution in [2.24, 2.45) is 5.92 Å². The van der Waals surface area contributed by atoms with Gasteiger partial charge in [-0.25, -0.2) is 4.79 Å². The number of likely N-dealkylation sites (N-methyl/N-ethyl adjacent to an activating group) is 1. The van der Waals surface area contributed by atoms with E-state index in [0.29, 0.717) is 40.9 Å². The van der Waals surface area contributed by atoms with Crippen molar-refractivity contribution in [1.82, 2.24) is 10.1 Å². The number of rotatable bonds is 8. The number of benzene rings is 1. The van der Waals surface area contributed by atoms with Crippen LogP contribution in [0.25, 0.3) is 11.3 Å². The van der Waals surface area contributed by atoms with E-state index in [1.54, 1.807) is 43.4 Å². The summed E-state index contributed by atoms with van der Waals surface area (Å²) >= 11 is 12.2. The number of terminal acetylenes is 1. The van der Waals surface area contributed by atoms with Crippen molar-refractivity contribution in [3.8, 4) is 23.6 Å². The zero-order valence-corrected chi connectivity index (χ0v) is 32.6. The summed E-state index contributed by atoms with van der Waals surface area (Å²) in [7, 11) is 1.93. The van der Waals surface area contributed by atoms with Crippen molar-refractivity contribution >= 4 is 29.2 Å². The number of aliphatic hydroxyl groups excluding tert-OH is 1. The Morgan fingerprint density at radius 2 is 1.73 bits per heavy atom. The van der Waals surface area contributed by atoms with Crippen LogP contribution < -0.4 is 0 Å². The van der Waals surface area contributed by atoms with Gasteiger partial charge in [-0.1, -0.05) is 124 Å². The van der Waals surface area contributed by atoms with Crippen LogP contribution in [0.3, 0.4) is 0 Å². The van der Waals surface area contributed by atoms with Crippen molar-refractivity contribution in [3.05, 3.63) is 111 Å². The lowest BCUT2D eigenvalue weighted by molar-refractivity contribution is -0.139. The topological polar surface area (TPSA) is 75.8 Å². The minimum absolute atomic E-state index is 0.181. The zero-order chi connectivity index (χ0) is 37.5. The first-order valence-electron chi connectivity index (χ1n) is 16.8. The molecule has 0 bridgehead atoms. The lowest BCUT2D eigenvalue weighted by Crippen LogP contribution is -2.24. The van der Waals surface area contributed by atoms with E-state index in [9.17, 15) is 9.90 Å². The SMILES string of the molecule is C#CC1/C=C\C(C/C(=C\C(O)=C/C=C)CC)=C/CN(C)/C(C)=C\1C(=O)OCC.CCC.CCC.Cc1onc(-c2c(Cl)cccc2Cl)c1C. The third-order valence-corrected chi connectivity index (χ3v) is 7.59. The van der Waals surface area contributed by atoms with Crippen molar-refractivity contribution in [1.29, 1.82) is 0 Å². The summed E-state index contributed by atoms with van der Waals surface area (Å²) in [5.41, 5.74) is 5.87. The second kappa shape index (κ2) is 25.1. The van der Waals surface area contributed by atoms with E-state index in [4.69, 9.17) is 38.9 Å². The predicted octanol–water partition coefficient (Wildman–Crippen LogP) is 12.0. The van der Waals surface area contributed by atoms with Gasteiger partial charge in [0.2, 0.25) is 0 Å². The second-order valence-electron chi connectivity index (χ2n) is 11.3. The van der Waals surface area contributed by atoms with Crippen molar-refractivity contribution in [2.75, 3.05) is 20.2 Å². The largest absolute Gasteiger partial charge is 0.508 e. The molecule has 0 fully saturated rings. The summed E-state index contributed by atoms with van der Waals surface area (Å²) in [6.07, 6.45) is 20.5. The summed E-state index contributed by atoms with van der Waals surface area (Å²) in [6.45, 7) is 22.5. The molecule has 2 aromatic rings. The number of allylic oxidation sites excluding steroid dienone is 8. The maximum atomic E-state index is 12.5. The number of halogens is 2. The van der Waals surface area contributed by atoms with Crippen LogP contribution >= 0.6 is 23.2 Å². The molecule has 8 heteroatoms. The molecule has 1 aliphatic heterocycles. The molecule has 1 aromatic heterocycles. The van der Waals surface area contributed by atoms with Gasteiger partial charge in [-0.2, -0.15) is 0 Å². The minimum atomic E-state index is -0.467. The lowest BCUT2D eigenvalue weighted by Gasteiger charge is -2.22. The van der Waals surface area contributed by atoms with Gasteiger partial charge in [0.15, 0.2) is 0 Å². The molecule has 3 rings (SSSR count). The standard InChI is InChI=1S/C24H31NO3.C11H9Cl2NO.2C3H8/c1-7-11-22(26)17-19(8-2)16-20-12-13-21(9-3)23(24(27)28-10-4)18(5)25(6)15-14-20;1-6-7(2)15-14-11(6)10-8(12)4-3-5-9(10)13;2*1-3-2/h3,7,11-14,17,21,26H,1,8,10,15-16H2,2,4-6H3;3-5H,1-2H3;2*3H2,1-2H3/b13-12-,19-17-,20-14+,22-11+,23-18+;;;. The number of aryl methyl sites for hydroxylation is 1. The molecular weight excluding hydrogens is 655 g/mol. The Labute approximate surface area is 305 Å². The normalized spacial score (nSPS) is 17.8. The van der Waals surface area contributed by atoms with Gasteiger partial charge in [-0.15, -0.1) is 6.42 Å². The van der Waals surface area contributed by atoms with Crippen LogP contribution in [0.5, 0.6) is 0 Å². The number of ether oxygens (including phenoxy) is 1. The third-order valence-electron chi connectivity index (χ3n) is 6.96. The van der Waals surface area contributed by atoms with Crippen molar-refractivity contribution in [2.45, 2.75) is 88.0 Å². The van der Waals surface area contributed by atoms with E-state index in [1.165, 1.54) is 12.8 Å². The Morgan fingerprint density at radius 3 is 2.20 bits per heavy atom. The Morgan fingerprint density at radius 1 is 1.14 bits per heavy atom. The first-order valence-corrected chi connectivity index (χ1v) is 17.6. The highest BCUT2D eigenvalue weighted by atomic mass is 35.5. The number of carbonyl (C=O) groups excluding carboxylic acids is 1. The van der Waals surface area contributed by atoms with Gasteiger partial charge < -0.3 is 19.3 Å². The highest BCUT2D eigenvalue weighted by Crippen LogP contribution is 2.36. The zero-order valence-electron chi connectivity index (χ0n) is 31.1. The highest BCUT2D eigenvalue weighted by molar-refractivity contribution is 6.39. The summed E-state index contributed by atoms with van der Waals surface area (Å²) in [5, 5.41) is 15.0. The molecule has 0 radical (unpaired) electrons. The van der Waals surface area contributed by atoms with Crippen molar-refractivity contribution in [3.63, 3.8) is 0 Å². The van der Waals surface area contributed by atoms with Crippen LogP contribution in [0.2, 0.25) is 10.0 Å². The van der Waals surface area contributed by atoms with Crippen LogP contribution in [0, 0.1) is 32.1 Å². The first kappa shape index (κ1) is 45.1. The summed E-state index contributed by atoms with van der Waals surface area (Å²) in [6, 6.07) is 5.37. The van der Waals surface area contributed by atoms with Crippen LogP contribution in [-0.4, -0.2) is 41.3 Å². The van der Waals surface area contributed by atoms with Gasteiger partial charge in [0.25, 0.3) is 0 Å². The molecule has 0 amide bonds. The number of carbonyl (C=O) groups is 1. The molecule has 0 aliphatic carbocycles. The Balaban J connectivity index is 0.000000908. The lowest BCUT2D eigenvalue weighted by atomic mass is 9.95. The van der Waals surface area contributed by atoms with E-state index in [-0.39, 0.29) is 11.7 Å². The molecule has 0 spiro atoms. The van der Waals surface area contributed by atoms with Gasteiger partial charge in [-0.05, 0) is 70.4 Å². The summed E-state index contributed by atoms with van der Waals surface area (Å²) in [5.74, 6) is 2.82. The Kier molecular flexibility index (Phi) is 23.1. The number of esters is 1. The minimum Gasteiger partial charge on any atom is -0.508 e. The third kappa shape index (κ3) is 15.4. The number of nitrogens with zero attached hydrogens (tertiary/aromatic N) is 2. The van der Waals surface area contributed by atoms with E-state index in [1.807, 2.05) is 51.8 Å². The second-order valence-corrected chi connectivity index (χ2v) is 12.1. The fourth-order valence-corrected chi connectivity index (χ4v) is 4.83. The van der Waals surface area contributed by atoms with Gasteiger partial charge in [0, 0.05) is 30.4 Å². The van der Waals surface area contributed by atoms with E-state index in [0.717, 1.165) is 40.2 Å². The van der Waals surface area contributed by atoms with Gasteiger partial charge in [0.05, 0.1) is 28.1 Å². The molecule has 0 saturated carbocycles. The molecule has 49 heavy (non-hydrogen) atoms. The molecule has 1 atom stereocenters. The maximum absolute atomic E-state index is 12.5. The predicted molar refractivity (Wildman–Crippen MR) is 209 cm³/mol. The summed E-state index contributed by atoms with van der Waals surface area (Å²) in [4.78, 5) is 14.5. The van der Waals surface area contributed by atoms with Gasteiger partial charge in [-0.3, -0.25) is 0 Å². The van der Waals surface area contributed by atoms with E-state index < -0.39 is 5.92 Å². The molecule has 2 heterocycles. The fourth-order valence-electron chi connectivity index (χ4n) is 4.25. The van der Waals surface area contributed by atoms with Crippen LogP contribution in [-0.2, 0) is 9.53 Å². The quantitative estimate of drug-likeness (QED) is 0.127. The van der Waals surface area contributed by atoms with E-state index in [2.05, 4.69) is 51.4 Å². The monoisotopic (exact) mass is 710 g/mol. The van der Waals surface area contributed by atoms with Crippen LogP contribution in [0.4, 0.5) is 0 Å². The van der Waals surface area contributed by atoms with Gasteiger partial charge in [0.1, 0.15) is 17.2 Å². The number of aromatic nitrogens is 1. The molecule has 1 N–H and O–H groups in total. The Hall–Kier alpha value is -3.92. The fraction of sp³-hybridized carbons (Fsp3) is 0.415. The molecule has 1 aromatic carbocycles. The molecule has 268 valence electrons. The average Bonchev–Trinajstić information content (AvgIpc) is 3.40. The average molecular weight is 712 g/mol. The smallest absolute Gasteiger partial charge is 0.337 e. The molecule has 1 unspecified atom stereocenters. The highest BCUT2D eigenvalue weighted by Gasteiger charge is 2.24. The molecular formula is C41H56Cl2N2O4. The van der Waals surface area contributed by atoms with Crippen LogP contribution in [0.1, 0.15) is 85.5 Å². The van der Waals surface area contributed by atoms with Crippen LogP contribution in [0.15, 0.2) is 93.9 Å². The van der Waals surface area contributed by atoms with E-state index >= 15 is 0 Å². The number of hydrogen-bond donors (Lipinski definition) is 1. The number of aliphatic hydroxyl groups is 1. The molecule has 0 saturated heterocycles. The van der Waals surface area contributed by atoms with Crippen molar-refractivity contribution < 1.29 is 19.2 Å². The first-order chi connectivity index (χ1) is 23.3.